The van der Waals surface area contributed by atoms with Crippen LogP contribution in [0.25, 0.3) is 0 Å². The zero-order valence-corrected chi connectivity index (χ0v) is 10.1. The number of amides is 3. The summed E-state index contributed by atoms with van der Waals surface area (Å²) in [4.78, 5) is 27.2. The van der Waals surface area contributed by atoms with E-state index in [1.54, 1.807) is 17.0 Å². The third-order valence-electron chi connectivity index (χ3n) is 2.99. The minimum atomic E-state index is -0.221. The lowest BCUT2D eigenvalue weighted by Crippen LogP contribution is -2.56. The number of carbonyl (C=O) groups is 2. The molecule has 1 unspecified atom stereocenters. The molecule has 1 saturated heterocycles. The van der Waals surface area contributed by atoms with Crippen molar-refractivity contribution in [1.82, 2.24) is 4.90 Å². The molecule has 0 radical (unpaired) electrons. The minimum absolute atomic E-state index is 0.120. The number of anilines is 1. The van der Waals surface area contributed by atoms with Crippen LogP contribution < -0.4 is 4.90 Å². The molecular weight excluding hydrogens is 216 g/mol. The number of para-hydroxylation sites is 1. The highest BCUT2D eigenvalue weighted by Crippen LogP contribution is 2.23. The Morgan fingerprint density at radius 1 is 1.24 bits per heavy atom. The van der Waals surface area contributed by atoms with E-state index >= 15 is 0 Å². The largest absolute Gasteiger partial charge is 0.331 e. The third kappa shape index (κ3) is 2.02. The van der Waals surface area contributed by atoms with Gasteiger partial charge < -0.3 is 4.90 Å². The molecule has 1 aliphatic rings. The number of hydrogen-bond donors (Lipinski definition) is 0. The molecule has 1 aliphatic heterocycles. The minimum Gasteiger partial charge on any atom is -0.323 e. The normalized spacial score (nSPS) is 20.9. The van der Waals surface area contributed by atoms with Crippen molar-refractivity contribution in [2.24, 2.45) is 5.92 Å². The van der Waals surface area contributed by atoms with Crippen molar-refractivity contribution in [3.8, 4) is 0 Å². The average Bonchev–Trinajstić information content (AvgIpc) is 2.35. The summed E-state index contributed by atoms with van der Waals surface area (Å²) < 4.78 is 0. The fourth-order valence-electron chi connectivity index (χ4n) is 2.02. The van der Waals surface area contributed by atoms with Crippen LogP contribution in [0.3, 0.4) is 0 Å². The van der Waals surface area contributed by atoms with Gasteiger partial charge in [0.05, 0.1) is 11.6 Å². The predicted molar refractivity (Wildman–Crippen MR) is 65.7 cm³/mol. The lowest BCUT2D eigenvalue weighted by atomic mass is 10.1. The monoisotopic (exact) mass is 232 g/mol. The van der Waals surface area contributed by atoms with Crippen LogP contribution >= 0.6 is 0 Å². The van der Waals surface area contributed by atoms with E-state index in [2.05, 4.69) is 0 Å². The van der Waals surface area contributed by atoms with E-state index in [4.69, 9.17) is 0 Å². The topological polar surface area (TPSA) is 40.6 Å². The van der Waals surface area contributed by atoms with Gasteiger partial charge in [0, 0.05) is 13.1 Å². The first-order valence-corrected chi connectivity index (χ1v) is 5.83. The molecule has 0 N–H and O–H groups in total. The number of imide groups is 1. The average molecular weight is 232 g/mol. The Labute approximate surface area is 101 Å². The van der Waals surface area contributed by atoms with Crippen molar-refractivity contribution < 1.29 is 9.59 Å². The molecule has 1 aromatic rings. The molecule has 1 fully saturated rings. The molecule has 0 bridgehead atoms. The summed E-state index contributed by atoms with van der Waals surface area (Å²) in [5.41, 5.74) is 0.646. The zero-order chi connectivity index (χ0) is 12.4. The highest BCUT2D eigenvalue weighted by atomic mass is 16.2. The zero-order valence-electron chi connectivity index (χ0n) is 10.1. The van der Waals surface area contributed by atoms with Crippen LogP contribution in [0.5, 0.6) is 0 Å². The summed E-state index contributed by atoms with van der Waals surface area (Å²) >= 11 is 0. The third-order valence-corrected chi connectivity index (χ3v) is 2.99. The lowest BCUT2D eigenvalue weighted by molar-refractivity contribution is -0.122. The van der Waals surface area contributed by atoms with Crippen molar-refractivity contribution in [3.05, 3.63) is 30.3 Å². The fourth-order valence-corrected chi connectivity index (χ4v) is 2.02. The van der Waals surface area contributed by atoms with E-state index in [-0.39, 0.29) is 17.9 Å². The van der Waals surface area contributed by atoms with Gasteiger partial charge in [0.2, 0.25) is 5.91 Å². The lowest BCUT2D eigenvalue weighted by Gasteiger charge is -2.36. The molecule has 17 heavy (non-hydrogen) atoms. The van der Waals surface area contributed by atoms with Gasteiger partial charge in [-0.15, -0.1) is 0 Å². The fraction of sp³-hybridized carbons (Fsp3) is 0.385. The highest BCUT2D eigenvalue weighted by molar-refractivity contribution is 6.16. The maximum Gasteiger partial charge on any atom is 0.331 e. The van der Waals surface area contributed by atoms with Crippen molar-refractivity contribution in [2.75, 3.05) is 18.0 Å². The molecule has 0 aliphatic carbocycles. The second-order valence-corrected chi connectivity index (χ2v) is 4.23. The molecule has 1 atom stereocenters. The Balaban J connectivity index is 2.36. The summed E-state index contributed by atoms with van der Waals surface area (Å²) in [6.45, 7) is 4.91. The second-order valence-electron chi connectivity index (χ2n) is 4.23. The number of carbonyl (C=O) groups excluding carboxylic acids is 2. The van der Waals surface area contributed by atoms with Crippen LogP contribution in [0.1, 0.15) is 13.8 Å². The van der Waals surface area contributed by atoms with Gasteiger partial charge >= 0.3 is 6.03 Å². The molecule has 0 spiro atoms. The van der Waals surface area contributed by atoms with Gasteiger partial charge in [-0.1, -0.05) is 25.1 Å². The summed E-state index contributed by atoms with van der Waals surface area (Å²) in [5, 5.41) is 0. The maximum absolute atomic E-state index is 12.1. The number of rotatable bonds is 2. The molecule has 2 rings (SSSR count). The summed E-state index contributed by atoms with van der Waals surface area (Å²) in [7, 11) is 0. The Bertz CT molecular complexity index is 430. The number of nitrogens with zero attached hydrogens (tertiary/aromatic N) is 2. The molecule has 90 valence electrons. The van der Waals surface area contributed by atoms with Gasteiger partial charge in [-0.25, -0.2) is 9.69 Å². The predicted octanol–water partition coefficient (Wildman–Crippen LogP) is 2.11. The van der Waals surface area contributed by atoms with Gasteiger partial charge in [-0.05, 0) is 19.1 Å². The van der Waals surface area contributed by atoms with Crippen LogP contribution in [0, 0.1) is 5.92 Å². The van der Waals surface area contributed by atoms with Gasteiger partial charge in [-0.3, -0.25) is 4.79 Å². The van der Waals surface area contributed by atoms with Crippen LogP contribution in [0.15, 0.2) is 30.3 Å². The van der Waals surface area contributed by atoms with Crippen LogP contribution in [-0.2, 0) is 4.79 Å². The van der Waals surface area contributed by atoms with E-state index in [1.807, 2.05) is 32.0 Å². The summed E-state index contributed by atoms with van der Waals surface area (Å²) in [6, 6.07) is 8.85. The molecule has 1 aromatic carbocycles. The Morgan fingerprint density at radius 2 is 1.88 bits per heavy atom. The first kappa shape index (κ1) is 11.6. The van der Waals surface area contributed by atoms with Crippen LogP contribution in [-0.4, -0.2) is 29.9 Å². The Kier molecular flexibility index (Phi) is 3.13. The molecule has 4 nitrogen and oxygen atoms in total. The van der Waals surface area contributed by atoms with Crippen LogP contribution in [0.4, 0.5) is 10.5 Å². The smallest absolute Gasteiger partial charge is 0.323 e. The van der Waals surface area contributed by atoms with Crippen molar-refractivity contribution >= 4 is 17.6 Å². The maximum atomic E-state index is 12.1. The van der Waals surface area contributed by atoms with E-state index < -0.39 is 0 Å². The molecule has 4 heteroatoms. The number of hydrogen-bond acceptors (Lipinski definition) is 2. The Morgan fingerprint density at radius 3 is 2.47 bits per heavy atom. The molecule has 0 aromatic heterocycles. The van der Waals surface area contributed by atoms with Gasteiger partial charge in [0.15, 0.2) is 0 Å². The van der Waals surface area contributed by atoms with Gasteiger partial charge in [-0.2, -0.15) is 0 Å². The molecule has 0 saturated carbocycles. The van der Waals surface area contributed by atoms with E-state index in [9.17, 15) is 9.59 Å². The van der Waals surface area contributed by atoms with Gasteiger partial charge in [0.25, 0.3) is 0 Å². The first-order chi connectivity index (χ1) is 8.15. The SMILES string of the molecule is CCN1CC(C)C(=O)N(c2ccccc2)C1=O. The molecule has 3 amide bonds. The van der Waals surface area contributed by atoms with Crippen LogP contribution in [0.2, 0.25) is 0 Å². The number of urea groups is 1. The van der Waals surface area contributed by atoms with E-state index in [0.717, 1.165) is 0 Å². The summed E-state index contributed by atoms with van der Waals surface area (Å²) in [5.74, 6) is -0.265. The van der Waals surface area contributed by atoms with Crippen molar-refractivity contribution in [1.29, 1.82) is 0 Å². The Hall–Kier alpha value is -1.84. The standard InChI is InChI=1S/C13H16N2O2/c1-3-14-9-10(2)12(16)15(13(14)17)11-7-5-4-6-8-11/h4-8,10H,3,9H2,1-2H3. The summed E-state index contributed by atoms with van der Waals surface area (Å²) in [6.07, 6.45) is 0. The number of benzene rings is 1. The van der Waals surface area contributed by atoms with E-state index in [0.29, 0.717) is 18.8 Å². The van der Waals surface area contributed by atoms with E-state index in [1.165, 1.54) is 4.90 Å². The van der Waals surface area contributed by atoms with Crippen molar-refractivity contribution in [2.45, 2.75) is 13.8 Å². The van der Waals surface area contributed by atoms with Crippen molar-refractivity contribution in [3.63, 3.8) is 0 Å². The first-order valence-electron chi connectivity index (χ1n) is 5.83. The molecular formula is C13H16N2O2. The quantitative estimate of drug-likeness (QED) is 0.783. The second kappa shape index (κ2) is 4.57. The van der Waals surface area contributed by atoms with Gasteiger partial charge in [0.1, 0.15) is 0 Å². The highest BCUT2D eigenvalue weighted by Gasteiger charge is 2.36. The molecule has 1 heterocycles.